The van der Waals surface area contributed by atoms with E-state index in [-0.39, 0.29) is 17.5 Å². The standard InChI is InChI=1S/C12H27N3O/c1-7-12(3,4)14-11(16)10(2)13-8-9-15(5)6/h10,13H,7-9H2,1-6H3,(H,14,16). The van der Waals surface area contributed by atoms with Gasteiger partial charge >= 0.3 is 0 Å². The summed E-state index contributed by atoms with van der Waals surface area (Å²) in [5, 5.41) is 6.24. The number of hydrogen-bond acceptors (Lipinski definition) is 3. The van der Waals surface area contributed by atoms with Gasteiger partial charge in [0.2, 0.25) is 5.91 Å². The largest absolute Gasteiger partial charge is 0.350 e. The van der Waals surface area contributed by atoms with E-state index in [1.807, 2.05) is 34.9 Å². The van der Waals surface area contributed by atoms with Crippen molar-refractivity contribution in [1.29, 1.82) is 0 Å². The zero-order valence-corrected chi connectivity index (χ0v) is 11.6. The maximum absolute atomic E-state index is 11.8. The molecule has 0 rings (SSSR count). The van der Waals surface area contributed by atoms with E-state index in [9.17, 15) is 4.79 Å². The Bertz CT molecular complexity index is 214. The number of nitrogens with zero attached hydrogens (tertiary/aromatic N) is 1. The van der Waals surface area contributed by atoms with Crippen LogP contribution in [0.4, 0.5) is 0 Å². The monoisotopic (exact) mass is 229 g/mol. The van der Waals surface area contributed by atoms with Crippen LogP contribution in [0.1, 0.15) is 34.1 Å². The molecule has 1 atom stereocenters. The van der Waals surface area contributed by atoms with Crippen molar-refractivity contribution < 1.29 is 4.79 Å². The minimum atomic E-state index is -0.134. The normalized spacial score (nSPS) is 13.9. The second-order valence-corrected chi connectivity index (χ2v) is 5.21. The molecule has 0 spiro atoms. The molecule has 0 aliphatic heterocycles. The number of rotatable bonds is 7. The lowest BCUT2D eigenvalue weighted by Crippen LogP contribution is -2.51. The summed E-state index contributed by atoms with van der Waals surface area (Å²) in [7, 11) is 4.04. The molecular formula is C12H27N3O. The lowest BCUT2D eigenvalue weighted by Gasteiger charge is -2.27. The molecule has 1 amide bonds. The molecule has 16 heavy (non-hydrogen) atoms. The van der Waals surface area contributed by atoms with Crippen LogP contribution in [0.5, 0.6) is 0 Å². The van der Waals surface area contributed by atoms with Gasteiger partial charge in [0.25, 0.3) is 0 Å². The molecule has 0 radical (unpaired) electrons. The van der Waals surface area contributed by atoms with Crippen molar-refractivity contribution in [2.75, 3.05) is 27.2 Å². The van der Waals surface area contributed by atoms with E-state index in [2.05, 4.69) is 22.5 Å². The third kappa shape index (κ3) is 6.80. The predicted octanol–water partition coefficient (Wildman–Crippen LogP) is 0.831. The molecule has 2 N–H and O–H groups in total. The van der Waals surface area contributed by atoms with Crippen LogP contribution in [0.25, 0.3) is 0 Å². The van der Waals surface area contributed by atoms with Gasteiger partial charge < -0.3 is 15.5 Å². The quantitative estimate of drug-likeness (QED) is 0.680. The summed E-state index contributed by atoms with van der Waals surface area (Å²) >= 11 is 0. The molecule has 0 aliphatic carbocycles. The molecule has 0 bridgehead atoms. The third-order valence-corrected chi connectivity index (χ3v) is 2.75. The Morgan fingerprint density at radius 2 is 1.94 bits per heavy atom. The first-order valence-corrected chi connectivity index (χ1v) is 5.98. The second kappa shape index (κ2) is 6.86. The van der Waals surface area contributed by atoms with Gasteiger partial charge in [-0.2, -0.15) is 0 Å². The van der Waals surface area contributed by atoms with E-state index in [4.69, 9.17) is 0 Å². The van der Waals surface area contributed by atoms with Gasteiger partial charge in [-0.15, -0.1) is 0 Å². The molecule has 0 heterocycles. The molecule has 0 aromatic heterocycles. The highest BCUT2D eigenvalue weighted by Crippen LogP contribution is 2.06. The van der Waals surface area contributed by atoms with Crippen LogP contribution in [0, 0.1) is 0 Å². The van der Waals surface area contributed by atoms with Gasteiger partial charge in [0.15, 0.2) is 0 Å². The van der Waals surface area contributed by atoms with Gasteiger partial charge in [-0.3, -0.25) is 4.79 Å². The van der Waals surface area contributed by atoms with E-state index in [0.29, 0.717) is 0 Å². The molecule has 4 heteroatoms. The molecule has 0 aromatic carbocycles. The van der Waals surface area contributed by atoms with Crippen LogP contribution in [-0.4, -0.2) is 49.6 Å². The highest BCUT2D eigenvalue weighted by Gasteiger charge is 2.21. The van der Waals surface area contributed by atoms with E-state index in [0.717, 1.165) is 19.5 Å². The molecule has 96 valence electrons. The Kier molecular flexibility index (Phi) is 6.60. The van der Waals surface area contributed by atoms with Gasteiger partial charge in [0.1, 0.15) is 0 Å². The van der Waals surface area contributed by atoms with Crippen molar-refractivity contribution in [2.24, 2.45) is 0 Å². The molecule has 0 aliphatic rings. The van der Waals surface area contributed by atoms with Crippen molar-refractivity contribution in [3.8, 4) is 0 Å². The molecule has 0 saturated heterocycles. The Hall–Kier alpha value is -0.610. The second-order valence-electron chi connectivity index (χ2n) is 5.21. The zero-order chi connectivity index (χ0) is 12.8. The fourth-order valence-corrected chi connectivity index (χ4v) is 1.13. The first-order valence-electron chi connectivity index (χ1n) is 5.98. The van der Waals surface area contributed by atoms with Crippen LogP contribution in [-0.2, 0) is 4.79 Å². The number of likely N-dealkylation sites (N-methyl/N-ethyl adjacent to an activating group) is 1. The lowest BCUT2D eigenvalue weighted by molar-refractivity contribution is -0.124. The Balaban J connectivity index is 3.91. The summed E-state index contributed by atoms with van der Waals surface area (Å²) in [4.78, 5) is 13.9. The molecule has 0 saturated carbocycles. The molecule has 1 unspecified atom stereocenters. The van der Waals surface area contributed by atoms with Crippen LogP contribution >= 0.6 is 0 Å². The fourth-order valence-electron chi connectivity index (χ4n) is 1.13. The van der Waals surface area contributed by atoms with Gasteiger partial charge in [-0.05, 0) is 41.3 Å². The zero-order valence-electron chi connectivity index (χ0n) is 11.6. The van der Waals surface area contributed by atoms with Gasteiger partial charge in [-0.1, -0.05) is 6.92 Å². The van der Waals surface area contributed by atoms with Crippen molar-refractivity contribution >= 4 is 5.91 Å². The van der Waals surface area contributed by atoms with Crippen LogP contribution < -0.4 is 10.6 Å². The number of carbonyl (C=O) groups excluding carboxylic acids is 1. The molecule has 4 nitrogen and oxygen atoms in total. The molecule has 0 aromatic rings. The van der Waals surface area contributed by atoms with Gasteiger partial charge in [0, 0.05) is 18.6 Å². The summed E-state index contributed by atoms with van der Waals surface area (Å²) in [6.45, 7) is 9.82. The summed E-state index contributed by atoms with van der Waals surface area (Å²) in [6.07, 6.45) is 0.934. The average Bonchev–Trinajstić information content (AvgIpc) is 2.16. The number of carbonyl (C=O) groups is 1. The summed E-state index contributed by atoms with van der Waals surface area (Å²) in [5.41, 5.74) is -0.116. The minimum absolute atomic E-state index is 0.0746. The number of amides is 1. The van der Waals surface area contributed by atoms with E-state index < -0.39 is 0 Å². The predicted molar refractivity (Wildman–Crippen MR) is 68.5 cm³/mol. The Morgan fingerprint density at radius 3 is 2.38 bits per heavy atom. The van der Waals surface area contributed by atoms with Crippen molar-refractivity contribution in [1.82, 2.24) is 15.5 Å². The minimum Gasteiger partial charge on any atom is -0.350 e. The highest BCUT2D eigenvalue weighted by atomic mass is 16.2. The first kappa shape index (κ1) is 15.4. The topological polar surface area (TPSA) is 44.4 Å². The van der Waals surface area contributed by atoms with Crippen LogP contribution in [0.3, 0.4) is 0 Å². The van der Waals surface area contributed by atoms with Crippen LogP contribution in [0.2, 0.25) is 0 Å². The SMILES string of the molecule is CCC(C)(C)NC(=O)C(C)NCCN(C)C. The average molecular weight is 229 g/mol. The maximum Gasteiger partial charge on any atom is 0.237 e. The van der Waals surface area contributed by atoms with Gasteiger partial charge in [0.05, 0.1) is 6.04 Å². The fraction of sp³-hybridized carbons (Fsp3) is 0.917. The maximum atomic E-state index is 11.8. The van der Waals surface area contributed by atoms with Crippen molar-refractivity contribution in [2.45, 2.75) is 45.7 Å². The molecule has 0 fully saturated rings. The number of nitrogens with one attached hydrogen (secondary N) is 2. The van der Waals surface area contributed by atoms with Gasteiger partial charge in [-0.25, -0.2) is 0 Å². The summed E-state index contributed by atoms with van der Waals surface area (Å²) in [6, 6.07) is -0.134. The Labute approximate surface area is 99.8 Å². The third-order valence-electron chi connectivity index (χ3n) is 2.75. The first-order chi connectivity index (χ1) is 7.28. The van der Waals surface area contributed by atoms with E-state index in [1.165, 1.54) is 0 Å². The number of hydrogen-bond donors (Lipinski definition) is 2. The van der Waals surface area contributed by atoms with Crippen LogP contribution in [0.15, 0.2) is 0 Å². The van der Waals surface area contributed by atoms with Crippen molar-refractivity contribution in [3.05, 3.63) is 0 Å². The highest BCUT2D eigenvalue weighted by molar-refractivity contribution is 5.81. The summed E-state index contributed by atoms with van der Waals surface area (Å²) in [5.74, 6) is 0.0746. The van der Waals surface area contributed by atoms with E-state index in [1.54, 1.807) is 0 Å². The van der Waals surface area contributed by atoms with E-state index >= 15 is 0 Å². The van der Waals surface area contributed by atoms with Crippen molar-refractivity contribution in [3.63, 3.8) is 0 Å². The lowest BCUT2D eigenvalue weighted by atomic mass is 10.0. The smallest absolute Gasteiger partial charge is 0.237 e. The Morgan fingerprint density at radius 1 is 1.38 bits per heavy atom. The molecular weight excluding hydrogens is 202 g/mol. The summed E-state index contributed by atoms with van der Waals surface area (Å²) < 4.78 is 0.